The first kappa shape index (κ1) is 18.6. The molecule has 0 bridgehead atoms. The van der Waals surface area contributed by atoms with Crippen LogP contribution in [0.25, 0.3) is 0 Å². The molecule has 0 fully saturated rings. The molecular weight excluding hydrogens is 346 g/mol. The molecule has 5 nitrogen and oxygen atoms in total. The van der Waals surface area contributed by atoms with E-state index in [4.69, 9.17) is 4.74 Å². The fraction of sp³-hybridized carbons (Fsp3) is 0.353. The van der Waals surface area contributed by atoms with Crippen molar-refractivity contribution in [3.63, 3.8) is 0 Å². The highest BCUT2D eigenvalue weighted by molar-refractivity contribution is 7.89. The third-order valence-corrected chi connectivity index (χ3v) is 6.33. The van der Waals surface area contributed by atoms with E-state index >= 15 is 0 Å². The average Bonchev–Trinajstić information content (AvgIpc) is 3.03. The topological polar surface area (TPSA) is 72.5 Å². The summed E-state index contributed by atoms with van der Waals surface area (Å²) >= 11 is 1.39. The Morgan fingerprint density at radius 2 is 2.00 bits per heavy atom. The minimum absolute atomic E-state index is 0.0212. The van der Waals surface area contributed by atoms with E-state index in [1.807, 2.05) is 19.1 Å². The van der Waals surface area contributed by atoms with Crippen molar-refractivity contribution < 1.29 is 17.9 Å². The first-order valence-electron chi connectivity index (χ1n) is 7.63. The van der Waals surface area contributed by atoms with E-state index in [1.165, 1.54) is 25.4 Å². The number of hydrogen-bond donors (Lipinski definition) is 1. The number of methoxy groups -OCH3 is 1. The molecule has 0 aliphatic rings. The van der Waals surface area contributed by atoms with E-state index in [1.54, 1.807) is 18.2 Å². The van der Waals surface area contributed by atoms with Gasteiger partial charge in [0.1, 0.15) is 10.6 Å². The van der Waals surface area contributed by atoms with Crippen LogP contribution >= 0.6 is 11.3 Å². The second kappa shape index (κ2) is 7.92. The Morgan fingerprint density at radius 3 is 2.58 bits per heavy atom. The molecular formula is C17H21NO4S2. The predicted molar refractivity (Wildman–Crippen MR) is 95.6 cm³/mol. The van der Waals surface area contributed by atoms with Gasteiger partial charge in [-0.3, -0.25) is 4.79 Å². The molecule has 24 heavy (non-hydrogen) atoms. The molecule has 0 unspecified atom stereocenters. The van der Waals surface area contributed by atoms with E-state index < -0.39 is 10.0 Å². The van der Waals surface area contributed by atoms with Crippen molar-refractivity contribution in [3.8, 4) is 5.75 Å². The van der Waals surface area contributed by atoms with Gasteiger partial charge in [-0.25, -0.2) is 13.1 Å². The molecule has 2 aromatic rings. The molecule has 0 aliphatic carbocycles. The zero-order valence-corrected chi connectivity index (χ0v) is 15.6. The van der Waals surface area contributed by atoms with Crippen molar-refractivity contribution in [2.24, 2.45) is 0 Å². The van der Waals surface area contributed by atoms with Gasteiger partial charge in [0.2, 0.25) is 10.0 Å². The molecule has 0 saturated carbocycles. The van der Waals surface area contributed by atoms with E-state index in [0.29, 0.717) is 17.0 Å². The highest BCUT2D eigenvalue weighted by atomic mass is 32.2. The molecule has 7 heteroatoms. The number of carbonyl (C=O) groups is 1. The monoisotopic (exact) mass is 367 g/mol. The maximum atomic E-state index is 12.5. The van der Waals surface area contributed by atoms with Crippen LogP contribution in [0.5, 0.6) is 5.75 Å². The Bertz CT molecular complexity index is 825. The van der Waals surface area contributed by atoms with Crippen molar-refractivity contribution in [2.45, 2.75) is 31.6 Å². The van der Waals surface area contributed by atoms with Crippen LogP contribution in [0.4, 0.5) is 0 Å². The Hall–Kier alpha value is -1.70. The number of benzene rings is 1. The molecule has 1 N–H and O–H groups in total. The van der Waals surface area contributed by atoms with Crippen LogP contribution in [0, 0.1) is 0 Å². The highest BCUT2D eigenvalue weighted by Crippen LogP contribution is 2.25. The van der Waals surface area contributed by atoms with Crippen LogP contribution in [-0.4, -0.2) is 27.9 Å². The van der Waals surface area contributed by atoms with Gasteiger partial charge in [-0.1, -0.05) is 13.0 Å². The number of ether oxygens (including phenoxy) is 1. The summed E-state index contributed by atoms with van der Waals surface area (Å²) in [4.78, 5) is 13.1. The Morgan fingerprint density at radius 1 is 1.25 bits per heavy atom. The number of rotatable bonds is 8. The number of carbonyl (C=O) groups excluding carboxylic acids is 1. The molecule has 1 heterocycles. The van der Waals surface area contributed by atoms with Gasteiger partial charge < -0.3 is 4.74 Å². The first-order valence-corrected chi connectivity index (χ1v) is 9.93. The van der Waals surface area contributed by atoms with E-state index in [-0.39, 0.29) is 17.2 Å². The molecule has 0 atom stereocenters. The molecule has 1 aromatic carbocycles. The van der Waals surface area contributed by atoms with Crippen molar-refractivity contribution in [2.75, 3.05) is 13.7 Å². The molecule has 2 rings (SSSR count). The fourth-order valence-electron chi connectivity index (χ4n) is 2.24. The summed E-state index contributed by atoms with van der Waals surface area (Å²) in [6.07, 6.45) is 1.28. The van der Waals surface area contributed by atoms with Crippen molar-refractivity contribution >= 4 is 27.1 Å². The summed E-state index contributed by atoms with van der Waals surface area (Å²) in [6, 6.07) is 8.79. The van der Waals surface area contributed by atoms with Gasteiger partial charge in [-0.05, 0) is 49.6 Å². The molecule has 0 radical (unpaired) electrons. The van der Waals surface area contributed by atoms with Crippen LogP contribution in [0.3, 0.4) is 0 Å². The lowest BCUT2D eigenvalue weighted by molar-refractivity contribution is 0.102. The quantitative estimate of drug-likeness (QED) is 0.728. The maximum Gasteiger partial charge on any atom is 0.244 e. The first-order chi connectivity index (χ1) is 11.4. The van der Waals surface area contributed by atoms with Gasteiger partial charge in [0.05, 0.1) is 12.0 Å². The number of thiophene rings is 1. The summed E-state index contributed by atoms with van der Waals surface area (Å²) in [5.74, 6) is 0.350. The highest BCUT2D eigenvalue weighted by Gasteiger charge is 2.19. The number of aryl methyl sites for hydroxylation is 1. The lowest BCUT2D eigenvalue weighted by Crippen LogP contribution is -2.26. The Balaban J connectivity index is 2.09. The summed E-state index contributed by atoms with van der Waals surface area (Å²) in [5.41, 5.74) is 0.931. The SMILES string of the molecule is CCc1ccc(OC)c(S(=O)(=O)NCCc2ccc(C(C)=O)s2)c1. The fourth-order valence-corrected chi connectivity index (χ4v) is 4.39. The van der Waals surface area contributed by atoms with Crippen LogP contribution < -0.4 is 9.46 Å². The normalized spacial score (nSPS) is 11.5. The Kier molecular flexibility index (Phi) is 6.15. The van der Waals surface area contributed by atoms with Crippen LogP contribution in [0.15, 0.2) is 35.2 Å². The molecule has 0 amide bonds. The van der Waals surface area contributed by atoms with Crippen LogP contribution in [0.2, 0.25) is 0 Å². The largest absolute Gasteiger partial charge is 0.495 e. The number of Topliss-reactive ketones (excluding diaryl/α,β-unsaturated/α-hetero) is 1. The van der Waals surface area contributed by atoms with Gasteiger partial charge >= 0.3 is 0 Å². The number of sulfonamides is 1. The van der Waals surface area contributed by atoms with Crippen molar-refractivity contribution in [1.29, 1.82) is 0 Å². The zero-order chi connectivity index (χ0) is 17.7. The lowest BCUT2D eigenvalue weighted by Gasteiger charge is -2.12. The standard InChI is InChI=1S/C17H21NO4S2/c1-4-13-5-7-15(22-3)17(11-13)24(20,21)18-10-9-14-6-8-16(23-14)12(2)19/h5-8,11,18H,4,9-10H2,1-3H3. The van der Waals surface area contributed by atoms with Crippen molar-refractivity contribution in [1.82, 2.24) is 4.72 Å². The van der Waals surface area contributed by atoms with Crippen molar-refractivity contribution in [3.05, 3.63) is 45.6 Å². The third-order valence-electron chi connectivity index (χ3n) is 3.60. The summed E-state index contributed by atoms with van der Waals surface area (Å²) in [5, 5.41) is 0. The number of nitrogens with one attached hydrogen (secondary N) is 1. The van der Waals surface area contributed by atoms with E-state index in [0.717, 1.165) is 16.9 Å². The molecule has 0 saturated heterocycles. The predicted octanol–water partition coefficient (Wildman–Crippen LogP) is 3.04. The van der Waals surface area contributed by atoms with E-state index in [9.17, 15) is 13.2 Å². The second-order valence-electron chi connectivity index (χ2n) is 5.31. The van der Waals surface area contributed by atoms with Gasteiger partial charge in [-0.2, -0.15) is 0 Å². The van der Waals surface area contributed by atoms with Gasteiger partial charge in [-0.15, -0.1) is 11.3 Å². The summed E-state index contributed by atoms with van der Waals surface area (Å²) in [6.45, 7) is 3.75. The molecule has 130 valence electrons. The van der Waals surface area contributed by atoms with E-state index in [2.05, 4.69) is 4.72 Å². The number of ketones is 1. The van der Waals surface area contributed by atoms with Gasteiger partial charge in [0, 0.05) is 11.4 Å². The number of hydrogen-bond acceptors (Lipinski definition) is 5. The van der Waals surface area contributed by atoms with Gasteiger partial charge in [0.15, 0.2) is 5.78 Å². The second-order valence-corrected chi connectivity index (χ2v) is 8.21. The minimum Gasteiger partial charge on any atom is -0.495 e. The Labute approximate surface area is 146 Å². The molecule has 0 spiro atoms. The summed E-state index contributed by atoms with van der Waals surface area (Å²) < 4.78 is 32.9. The lowest BCUT2D eigenvalue weighted by atomic mass is 10.2. The van der Waals surface area contributed by atoms with Gasteiger partial charge in [0.25, 0.3) is 0 Å². The van der Waals surface area contributed by atoms with Crippen LogP contribution in [-0.2, 0) is 22.9 Å². The summed E-state index contributed by atoms with van der Waals surface area (Å²) in [7, 11) is -2.20. The third kappa shape index (κ3) is 4.43. The molecule has 1 aromatic heterocycles. The smallest absolute Gasteiger partial charge is 0.244 e. The van der Waals surface area contributed by atoms with Crippen LogP contribution in [0.1, 0.15) is 34.0 Å². The maximum absolute atomic E-state index is 12.5. The minimum atomic E-state index is -3.65. The average molecular weight is 367 g/mol. The molecule has 0 aliphatic heterocycles. The zero-order valence-electron chi connectivity index (χ0n) is 14.0.